The Bertz CT molecular complexity index is 550. The molecule has 3 atom stereocenters. The predicted octanol–water partition coefficient (Wildman–Crippen LogP) is 4.22. The van der Waals surface area contributed by atoms with E-state index in [-0.39, 0.29) is 24.0 Å². The molecular formula is C21H30O4. The molecule has 0 aromatic rings. The molecule has 138 valence electrons. The molecule has 0 saturated carbocycles. The maximum Gasteiger partial charge on any atom is 0.303 e. The van der Waals surface area contributed by atoms with E-state index in [0.717, 1.165) is 6.42 Å². The van der Waals surface area contributed by atoms with E-state index in [1.165, 1.54) is 5.57 Å². The Morgan fingerprint density at radius 2 is 2.04 bits per heavy atom. The second-order valence-electron chi connectivity index (χ2n) is 6.75. The Morgan fingerprint density at radius 3 is 2.72 bits per heavy atom. The van der Waals surface area contributed by atoms with Crippen LogP contribution < -0.4 is 0 Å². The fourth-order valence-electron chi connectivity index (χ4n) is 2.75. The van der Waals surface area contributed by atoms with Crippen LogP contribution in [0.4, 0.5) is 0 Å². The zero-order valence-electron chi connectivity index (χ0n) is 15.2. The molecule has 0 aromatic heterocycles. The van der Waals surface area contributed by atoms with Gasteiger partial charge in [0.1, 0.15) is 0 Å². The summed E-state index contributed by atoms with van der Waals surface area (Å²) in [7, 11) is 0. The van der Waals surface area contributed by atoms with Crippen LogP contribution in [-0.4, -0.2) is 28.1 Å². The molecule has 0 radical (unpaired) electrons. The number of hydrogen-bond donors (Lipinski definition) is 2. The molecule has 1 aliphatic rings. The minimum atomic E-state index is -0.781. The number of carboxylic acids is 1. The van der Waals surface area contributed by atoms with Crippen molar-refractivity contribution in [2.45, 2.75) is 58.5 Å². The third-order valence-electron chi connectivity index (χ3n) is 4.20. The van der Waals surface area contributed by atoms with Crippen molar-refractivity contribution in [1.82, 2.24) is 0 Å². The molecule has 0 fully saturated rings. The van der Waals surface area contributed by atoms with Crippen LogP contribution in [0.3, 0.4) is 0 Å². The SMILES string of the molecule is CC(C)=CCC[C@@H](O)C=C[C@@H]1C=CC(=O)[C@@H]1CC=CCCCC(=O)O. The molecule has 25 heavy (non-hydrogen) atoms. The lowest BCUT2D eigenvalue weighted by atomic mass is 9.90. The molecule has 4 nitrogen and oxygen atoms in total. The fourth-order valence-corrected chi connectivity index (χ4v) is 2.75. The van der Waals surface area contributed by atoms with E-state index in [1.54, 1.807) is 12.2 Å². The van der Waals surface area contributed by atoms with Gasteiger partial charge in [0.15, 0.2) is 5.78 Å². The lowest BCUT2D eigenvalue weighted by Gasteiger charge is -2.13. The number of carbonyl (C=O) groups is 2. The molecule has 0 amide bonds. The van der Waals surface area contributed by atoms with Crippen molar-refractivity contribution in [2.75, 3.05) is 0 Å². The third-order valence-corrected chi connectivity index (χ3v) is 4.20. The summed E-state index contributed by atoms with van der Waals surface area (Å²) >= 11 is 0. The quantitative estimate of drug-likeness (QED) is 0.434. The standard InChI is InChI=1S/C21H30O4/c1-16(2)8-7-9-18(22)14-12-17-13-15-20(23)19(17)10-5-3-4-6-11-21(24)25/h3,5,8,12-15,17-19,22H,4,6-7,9-11H2,1-2H3,(H,24,25)/t17-,18-,19-/m1/s1. The number of unbranched alkanes of at least 4 members (excludes halogenated alkanes) is 1. The van der Waals surface area contributed by atoms with Gasteiger partial charge in [-0.15, -0.1) is 0 Å². The number of aliphatic hydroxyl groups excluding tert-OH is 1. The molecule has 0 heterocycles. The molecule has 0 saturated heterocycles. The van der Waals surface area contributed by atoms with Crippen LogP contribution in [0.2, 0.25) is 0 Å². The van der Waals surface area contributed by atoms with Crippen LogP contribution >= 0.6 is 0 Å². The highest BCUT2D eigenvalue weighted by atomic mass is 16.4. The average molecular weight is 346 g/mol. The first kappa shape index (κ1) is 21.1. The summed E-state index contributed by atoms with van der Waals surface area (Å²) in [6.07, 6.45) is 16.4. The Hall–Kier alpha value is -1.94. The van der Waals surface area contributed by atoms with Gasteiger partial charge in [-0.2, -0.15) is 0 Å². The van der Waals surface area contributed by atoms with E-state index in [2.05, 4.69) is 6.08 Å². The lowest BCUT2D eigenvalue weighted by molar-refractivity contribution is -0.137. The van der Waals surface area contributed by atoms with Gasteiger partial charge >= 0.3 is 5.97 Å². The van der Waals surface area contributed by atoms with Gasteiger partial charge in [0.25, 0.3) is 0 Å². The van der Waals surface area contributed by atoms with E-state index in [1.807, 2.05) is 38.2 Å². The number of aliphatic carboxylic acids is 1. The average Bonchev–Trinajstić information content (AvgIpc) is 2.88. The molecule has 2 N–H and O–H groups in total. The first-order valence-corrected chi connectivity index (χ1v) is 8.98. The first-order chi connectivity index (χ1) is 11.9. The van der Waals surface area contributed by atoms with Gasteiger partial charge in [-0.3, -0.25) is 9.59 Å². The van der Waals surface area contributed by atoms with E-state index in [9.17, 15) is 14.7 Å². The van der Waals surface area contributed by atoms with Crippen molar-refractivity contribution in [2.24, 2.45) is 11.8 Å². The van der Waals surface area contributed by atoms with Crippen LogP contribution in [0.25, 0.3) is 0 Å². The van der Waals surface area contributed by atoms with Crippen molar-refractivity contribution in [3.63, 3.8) is 0 Å². The van der Waals surface area contributed by atoms with Crippen LogP contribution in [-0.2, 0) is 9.59 Å². The molecule has 0 aliphatic heterocycles. The molecule has 1 aliphatic carbocycles. The van der Waals surface area contributed by atoms with E-state index in [0.29, 0.717) is 25.7 Å². The second kappa shape index (κ2) is 11.6. The van der Waals surface area contributed by atoms with Gasteiger partial charge in [-0.25, -0.2) is 0 Å². The number of rotatable bonds is 11. The van der Waals surface area contributed by atoms with E-state index in [4.69, 9.17) is 5.11 Å². The molecule has 0 spiro atoms. The molecule has 0 unspecified atom stereocenters. The molecule has 0 aromatic carbocycles. The van der Waals surface area contributed by atoms with Gasteiger partial charge in [0.05, 0.1) is 6.10 Å². The largest absolute Gasteiger partial charge is 0.481 e. The maximum absolute atomic E-state index is 12.0. The summed E-state index contributed by atoms with van der Waals surface area (Å²) in [5.74, 6) is -0.757. The van der Waals surface area contributed by atoms with Gasteiger partial charge < -0.3 is 10.2 Å². The van der Waals surface area contributed by atoms with Crippen molar-refractivity contribution in [3.05, 3.63) is 48.1 Å². The number of allylic oxidation sites excluding steroid dienone is 7. The summed E-state index contributed by atoms with van der Waals surface area (Å²) in [5, 5.41) is 18.6. The van der Waals surface area contributed by atoms with Gasteiger partial charge in [0, 0.05) is 18.3 Å². The second-order valence-corrected chi connectivity index (χ2v) is 6.75. The molecule has 4 heteroatoms. The van der Waals surface area contributed by atoms with Gasteiger partial charge in [0.2, 0.25) is 0 Å². The van der Waals surface area contributed by atoms with Crippen LogP contribution in [0.1, 0.15) is 52.4 Å². The monoisotopic (exact) mass is 346 g/mol. The minimum absolute atomic E-state index is 0.0225. The number of carboxylic acid groups (broad SMARTS) is 1. The first-order valence-electron chi connectivity index (χ1n) is 8.98. The normalized spacial score (nSPS) is 21.3. The van der Waals surface area contributed by atoms with Gasteiger partial charge in [-0.1, -0.05) is 42.0 Å². The summed E-state index contributed by atoms with van der Waals surface area (Å²) in [6.45, 7) is 4.08. The Balaban J connectivity index is 2.41. The third kappa shape index (κ3) is 9.20. The topological polar surface area (TPSA) is 74.6 Å². The Kier molecular flexibility index (Phi) is 9.78. The Morgan fingerprint density at radius 1 is 1.28 bits per heavy atom. The summed E-state index contributed by atoms with van der Waals surface area (Å²) in [6, 6.07) is 0. The zero-order chi connectivity index (χ0) is 18.7. The minimum Gasteiger partial charge on any atom is -0.481 e. The lowest BCUT2D eigenvalue weighted by Crippen LogP contribution is -2.14. The predicted molar refractivity (Wildman–Crippen MR) is 100 cm³/mol. The molecular weight excluding hydrogens is 316 g/mol. The van der Waals surface area contributed by atoms with E-state index < -0.39 is 12.1 Å². The van der Waals surface area contributed by atoms with Crippen molar-refractivity contribution in [3.8, 4) is 0 Å². The molecule has 1 rings (SSSR count). The Labute approximate surface area is 150 Å². The number of aliphatic hydroxyl groups is 1. The van der Waals surface area contributed by atoms with Crippen LogP contribution in [0, 0.1) is 11.8 Å². The van der Waals surface area contributed by atoms with Crippen LogP contribution in [0.5, 0.6) is 0 Å². The highest BCUT2D eigenvalue weighted by Crippen LogP contribution is 2.27. The highest BCUT2D eigenvalue weighted by Gasteiger charge is 2.27. The van der Waals surface area contributed by atoms with E-state index >= 15 is 0 Å². The summed E-state index contributed by atoms with van der Waals surface area (Å²) in [5.41, 5.74) is 1.25. The van der Waals surface area contributed by atoms with Crippen molar-refractivity contribution in [1.29, 1.82) is 0 Å². The summed E-state index contributed by atoms with van der Waals surface area (Å²) in [4.78, 5) is 22.4. The van der Waals surface area contributed by atoms with Crippen LogP contribution in [0.15, 0.2) is 48.1 Å². The van der Waals surface area contributed by atoms with Crippen molar-refractivity contribution >= 4 is 11.8 Å². The highest BCUT2D eigenvalue weighted by molar-refractivity contribution is 5.95. The van der Waals surface area contributed by atoms with Crippen molar-refractivity contribution < 1.29 is 19.8 Å². The fraction of sp³-hybridized carbons (Fsp3) is 0.524. The molecule has 0 bridgehead atoms. The maximum atomic E-state index is 12.0. The van der Waals surface area contributed by atoms with Gasteiger partial charge in [-0.05, 0) is 52.0 Å². The number of carbonyl (C=O) groups excluding carboxylic acids is 1. The zero-order valence-corrected chi connectivity index (χ0v) is 15.2. The summed E-state index contributed by atoms with van der Waals surface area (Å²) < 4.78 is 0. The number of ketones is 1. The smallest absolute Gasteiger partial charge is 0.303 e. The number of hydrogen-bond acceptors (Lipinski definition) is 3.